The van der Waals surface area contributed by atoms with Gasteiger partial charge in [0.05, 0.1) is 23.4 Å². The number of aryl methyl sites for hydroxylation is 1. The van der Waals surface area contributed by atoms with Gasteiger partial charge in [-0.15, -0.1) is 0 Å². The number of carbonyl (C=O) groups excluding carboxylic acids is 4. The molecule has 35 heavy (non-hydrogen) atoms. The van der Waals surface area contributed by atoms with E-state index in [1.807, 2.05) is 0 Å². The Hall–Kier alpha value is -3.19. The minimum atomic E-state index is -0.599. The molecule has 4 aliphatic rings. The number of rotatable bonds is 4. The summed E-state index contributed by atoms with van der Waals surface area (Å²) in [7, 11) is 0. The first kappa shape index (κ1) is 22.3. The molecule has 0 aromatic heterocycles. The average molecular weight is 493 g/mol. The number of amides is 3. The van der Waals surface area contributed by atoms with Crippen LogP contribution in [0, 0.1) is 36.5 Å². The van der Waals surface area contributed by atoms with E-state index in [0.717, 1.165) is 19.3 Å². The van der Waals surface area contributed by atoms with Gasteiger partial charge in [0.25, 0.3) is 0 Å². The molecule has 7 nitrogen and oxygen atoms in total. The van der Waals surface area contributed by atoms with Gasteiger partial charge in [-0.25, -0.2) is 4.90 Å². The van der Waals surface area contributed by atoms with E-state index in [9.17, 15) is 19.2 Å². The zero-order chi connectivity index (χ0) is 24.4. The number of benzene rings is 2. The number of halogens is 1. The highest BCUT2D eigenvalue weighted by Crippen LogP contribution is 2.56. The molecule has 2 aromatic rings. The number of imide groups is 1. The Kier molecular flexibility index (Phi) is 5.22. The summed E-state index contributed by atoms with van der Waals surface area (Å²) in [5.41, 5.74) is 1.89. The van der Waals surface area contributed by atoms with Crippen LogP contribution in [0.3, 0.4) is 0 Å². The SMILES string of the molecule is Cc1cc(OC(=O)[C@@H]2CC(=O)N(c3cccc(Cl)c3)C2)ccc1N1C(=O)[C@@H]2[C@H]3CC[C@@H](C3)[C@H]2C1=O. The van der Waals surface area contributed by atoms with Crippen LogP contribution in [0.25, 0.3) is 0 Å². The summed E-state index contributed by atoms with van der Waals surface area (Å²) in [5.74, 6) is -0.819. The molecule has 2 aliphatic heterocycles. The lowest BCUT2D eigenvalue weighted by atomic mass is 9.81. The van der Waals surface area contributed by atoms with Gasteiger partial charge in [-0.05, 0) is 80.0 Å². The molecule has 6 rings (SSSR count). The molecule has 0 spiro atoms. The maximum atomic E-state index is 13.2. The molecule has 0 N–H and O–H groups in total. The topological polar surface area (TPSA) is 84.0 Å². The van der Waals surface area contributed by atoms with Gasteiger partial charge in [-0.2, -0.15) is 0 Å². The Morgan fingerprint density at radius 3 is 2.37 bits per heavy atom. The Morgan fingerprint density at radius 1 is 1.00 bits per heavy atom. The monoisotopic (exact) mass is 492 g/mol. The van der Waals surface area contributed by atoms with Crippen molar-refractivity contribution in [1.29, 1.82) is 0 Å². The minimum Gasteiger partial charge on any atom is -0.426 e. The molecular formula is C27H25ClN2O5. The van der Waals surface area contributed by atoms with Crippen LogP contribution in [0.4, 0.5) is 11.4 Å². The van der Waals surface area contributed by atoms with Crippen molar-refractivity contribution in [2.24, 2.45) is 29.6 Å². The summed E-state index contributed by atoms with van der Waals surface area (Å²) in [6.07, 6.45) is 3.12. The van der Waals surface area contributed by atoms with E-state index in [1.54, 1.807) is 54.3 Å². The van der Waals surface area contributed by atoms with Gasteiger partial charge in [-0.1, -0.05) is 17.7 Å². The molecule has 8 heteroatoms. The Balaban J connectivity index is 1.16. The molecule has 5 atom stereocenters. The lowest BCUT2D eigenvalue weighted by molar-refractivity contribution is -0.139. The molecule has 2 aliphatic carbocycles. The number of carbonyl (C=O) groups is 4. The fourth-order valence-electron chi connectivity index (χ4n) is 6.55. The third-order valence-electron chi connectivity index (χ3n) is 8.13. The second-order valence-electron chi connectivity index (χ2n) is 10.2. The summed E-state index contributed by atoms with van der Waals surface area (Å²) >= 11 is 6.04. The molecule has 2 aromatic carbocycles. The summed E-state index contributed by atoms with van der Waals surface area (Å²) < 4.78 is 5.59. The standard InChI is InChI=1S/C27H25ClN2O5/c1-14-9-20(35-27(34)17-11-22(31)29(13-17)19-4-2-3-18(28)12-19)7-8-21(14)30-25(32)23-15-5-6-16(10-15)24(23)26(30)33/h2-4,7-9,12,15-17,23-24H,5-6,10-11,13H2,1H3/t15-,16-,17+,23+,24+/m0/s1. The molecule has 0 radical (unpaired) electrons. The van der Waals surface area contributed by atoms with Crippen LogP contribution >= 0.6 is 11.6 Å². The van der Waals surface area contributed by atoms with Crippen molar-refractivity contribution in [3.05, 3.63) is 53.1 Å². The molecule has 180 valence electrons. The van der Waals surface area contributed by atoms with Crippen molar-refractivity contribution < 1.29 is 23.9 Å². The first-order valence-corrected chi connectivity index (χ1v) is 12.5. The smallest absolute Gasteiger partial charge is 0.316 e. The molecule has 2 bridgehead atoms. The van der Waals surface area contributed by atoms with Crippen LogP contribution in [-0.2, 0) is 19.2 Å². The maximum absolute atomic E-state index is 13.2. The van der Waals surface area contributed by atoms with Crippen LogP contribution in [0.1, 0.15) is 31.2 Å². The van der Waals surface area contributed by atoms with E-state index in [2.05, 4.69) is 0 Å². The molecule has 0 unspecified atom stereocenters. The van der Waals surface area contributed by atoms with E-state index in [0.29, 0.717) is 39.5 Å². The van der Waals surface area contributed by atoms with Crippen molar-refractivity contribution in [3.63, 3.8) is 0 Å². The lowest BCUT2D eigenvalue weighted by Crippen LogP contribution is -2.33. The van der Waals surface area contributed by atoms with E-state index < -0.39 is 11.9 Å². The second kappa shape index (κ2) is 8.19. The predicted octanol–water partition coefficient (Wildman–Crippen LogP) is 4.14. The van der Waals surface area contributed by atoms with Gasteiger partial charge in [0.15, 0.2) is 0 Å². The normalized spacial score (nSPS) is 29.3. The van der Waals surface area contributed by atoms with Crippen LogP contribution < -0.4 is 14.5 Å². The number of ether oxygens (including phenoxy) is 1. The van der Waals surface area contributed by atoms with Crippen LogP contribution in [-0.4, -0.2) is 30.2 Å². The molecule has 4 fully saturated rings. The Morgan fingerprint density at radius 2 is 1.71 bits per heavy atom. The molecular weight excluding hydrogens is 468 g/mol. The number of hydrogen-bond acceptors (Lipinski definition) is 5. The van der Waals surface area contributed by atoms with Gasteiger partial charge >= 0.3 is 5.97 Å². The first-order chi connectivity index (χ1) is 16.8. The van der Waals surface area contributed by atoms with Crippen LogP contribution in [0.5, 0.6) is 5.75 Å². The number of nitrogens with zero attached hydrogens (tertiary/aromatic N) is 2. The molecule has 3 amide bonds. The maximum Gasteiger partial charge on any atom is 0.316 e. The zero-order valence-corrected chi connectivity index (χ0v) is 20.0. The highest BCUT2D eigenvalue weighted by molar-refractivity contribution is 6.31. The summed E-state index contributed by atoms with van der Waals surface area (Å²) in [4.78, 5) is 54.5. The van der Waals surface area contributed by atoms with Gasteiger partial charge in [0, 0.05) is 23.7 Å². The van der Waals surface area contributed by atoms with Gasteiger partial charge in [-0.3, -0.25) is 19.2 Å². The number of hydrogen-bond donors (Lipinski definition) is 0. The average Bonchev–Trinajstić information content (AvgIpc) is 3.58. The van der Waals surface area contributed by atoms with Crippen molar-refractivity contribution >= 4 is 46.7 Å². The first-order valence-electron chi connectivity index (χ1n) is 12.1. The largest absolute Gasteiger partial charge is 0.426 e. The van der Waals surface area contributed by atoms with E-state index in [-0.39, 0.29) is 42.5 Å². The fourth-order valence-corrected chi connectivity index (χ4v) is 6.73. The minimum absolute atomic E-state index is 0.0598. The number of fused-ring (bicyclic) bond motifs is 5. The second-order valence-corrected chi connectivity index (χ2v) is 10.6. The lowest BCUT2D eigenvalue weighted by Gasteiger charge is -2.20. The van der Waals surface area contributed by atoms with Crippen molar-refractivity contribution in [2.45, 2.75) is 32.6 Å². The summed E-state index contributed by atoms with van der Waals surface area (Å²) in [5, 5.41) is 0.517. The number of anilines is 2. The van der Waals surface area contributed by atoms with Gasteiger partial charge in [0.2, 0.25) is 17.7 Å². The van der Waals surface area contributed by atoms with E-state index in [1.165, 1.54) is 4.90 Å². The van der Waals surface area contributed by atoms with Crippen molar-refractivity contribution in [2.75, 3.05) is 16.3 Å². The zero-order valence-electron chi connectivity index (χ0n) is 19.3. The van der Waals surface area contributed by atoms with Gasteiger partial charge in [0.1, 0.15) is 5.75 Å². The van der Waals surface area contributed by atoms with Crippen LogP contribution in [0.2, 0.25) is 5.02 Å². The van der Waals surface area contributed by atoms with Gasteiger partial charge < -0.3 is 9.64 Å². The molecule has 2 saturated heterocycles. The quantitative estimate of drug-likeness (QED) is 0.364. The van der Waals surface area contributed by atoms with Crippen molar-refractivity contribution in [3.8, 4) is 5.75 Å². The third-order valence-corrected chi connectivity index (χ3v) is 8.37. The number of esters is 1. The Bertz CT molecular complexity index is 1250. The summed E-state index contributed by atoms with van der Waals surface area (Å²) in [6.45, 7) is 2.02. The fraction of sp³-hybridized carbons (Fsp3) is 0.407. The third kappa shape index (κ3) is 3.56. The predicted molar refractivity (Wildman–Crippen MR) is 129 cm³/mol. The van der Waals surface area contributed by atoms with Crippen LogP contribution in [0.15, 0.2) is 42.5 Å². The Labute approximate surface area is 208 Å². The van der Waals surface area contributed by atoms with Crippen molar-refractivity contribution in [1.82, 2.24) is 0 Å². The highest BCUT2D eigenvalue weighted by atomic mass is 35.5. The highest BCUT2D eigenvalue weighted by Gasteiger charge is 2.61. The molecule has 2 heterocycles. The van der Waals surface area contributed by atoms with E-state index >= 15 is 0 Å². The molecule has 2 saturated carbocycles. The van der Waals surface area contributed by atoms with E-state index in [4.69, 9.17) is 16.3 Å². The summed E-state index contributed by atoms with van der Waals surface area (Å²) in [6, 6.07) is 11.9.